The number of rotatable bonds is 3. The molecule has 1 aromatic carbocycles. The van der Waals surface area contributed by atoms with Gasteiger partial charge >= 0.3 is 5.97 Å². The van der Waals surface area contributed by atoms with Crippen LogP contribution in [0.3, 0.4) is 0 Å². The zero-order valence-corrected chi connectivity index (χ0v) is 9.58. The number of carboxylic acid groups (broad SMARTS) is 1. The van der Waals surface area contributed by atoms with Crippen molar-refractivity contribution in [1.82, 2.24) is 9.78 Å². The van der Waals surface area contributed by atoms with Crippen LogP contribution < -0.4 is 5.56 Å². The predicted octanol–water partition coefficient (Wildman–Crippen LogP) is 0.704. The summed E-state index contributed by atoms with van der Waals surface area (Å²) >= 11 is 0. The van der Waals surface area contributed by atoms with Crippen molar-refractivity contribution in [3.8, 4) is 11.4 Å². The molecule has 0 fully saturated rings. The fourth-order valence-corrected chi connectivity index (χ4v) is 1.55. The highest BCUT2D eigenvalue weighted by Gasteiger charge is 2.14. The first-order chi connectivity index (χ1) is 8.99. The van der Waals surface area contributed by atoms with Gasteiger partial charge in [0, 0.05) is 6.07 Å². The number of carboxylic acids is 1. The Hall–Kier alpha value is -2.70. The van der Waals surface area contributed by atoms with Gasteiger partial charge in [-0.15, -0.1) is 0 Å². The molecule has 1 aromatic heterocycles. The molecule has 2 aromatic rings. The van der Waals surface area contributed by atoms with Crippen LogP contribution in [-0.2, 0) is 11.2 Å². The van der Waals surface area contributed by atoms with Crippen molar-refractivity contribution in [2.24, 2.45) is 0 Å². The minimum absolute atomic E-state index is 0.112. The highest BCUT2D eigenvalue weighted by Crippen LogP contribution is 2.14. The van der Waals surface area contributed by atoms with E-state index in [4.69, 9.17) is 5.11 Å². The maximum absolute atomic E-state index is 13.6. The first-order valence-electron chi connectivity index (χ1n) is 5.28. The van der Waals surface area contributed by atoms with E-state index >= 15 is 0 Å². The van der Waals surface area contributed by atoms with E-state index in [1.807, 2.05) is 0 Å². The van der Waals surface area contributed by atoms with Crippen LogP contribution in [0.5, 0.6) is 5.75 Å². The standard InChI is InChI=1S/C12H9FN2O4/c13-7-3-1-2-4-9(7)15-11(17)6-10(16)8(14-15)5-12(18)19/h1-4,6,16H,5H2,(H,18,19). The predicted molar refractivity (Wildman–Crippen MR) is 62.8 cm³/mol. The second-order valence-corrected chi connectivity index (χ2v) is 3.75. The van der Waals surface area contributed by atoms with Crippen LogP contribution in [0.25, 0.3) is 5.69 Å². The van der Waals surface area contributed by atoms with Gasteiger partial charge in [-0.3, -0.25) is 9.59 Å². The minimum atomic E-state index is -1.22. The van der Waals surface area contributed by atoms with E-state index in [0.29, 0.717) is 4.68 Å². The van der Waals surface area contributed by atoms with Gasteiger partial charge in [-0.1, -0.05) is 12.1 Å². The molecule has 0 saturated carbocycles. The summed E-state index contributed by atoms with van der Waals surface area (Å²) < 4.78 is 14.3. The molecule has 0 aliphatic rings. The summed E-state index contributed by atoms with van der Waals surface area (Å²) in [5.74, 6) is -2.43. The van der Waals surface area contributed by atoms with Gasteiger partial charge in [0.15, 0.2) is 0 Å². The molecule has 7 heteroatoms. The molecule has 1 heterocycles. The Bertz CT molecular complexity index is 696. The van der Waals surface area contributed by atoms with Gasteiger partial charge in [-0.25, -0.2) is 4.39 Å². The molecule has 0 saturated heterocycles. The average molecular weight is 264 g/mol. The van der Waals surface area contributed by atoms with E-state index in [9.17, 15) is 19.1 Å². The molecular weight excluding hydrogens is 255 g/mol. The summed E-state index contributed by atoms with van der Waals surface area (Å²) in [7, 11) is 0. The normalized spacial score (nSPS) is 10.4. The highest BCUT2D eigenvalue weighted by atomic mass is 19.1. The molecule has 0 aliphatic heterocycles. The molecule has 0 aliphatic carbocycles. The van der Waals surface area contributed by atoms with E-state index in [1.165, 1.54) is 18.2 Å². The quantitative estimate of drug-likeness (QED) is 0.851. The topological polar surface area (TPSA) is 92.4 Å². The molecule has 0 radical (unpaired) electrons. The molecule has 0 atom stereocenters. The van der Waals surface area contributed by atoms with Crippen molar-refractivity contribution in [2.45, 2.75) is 6.42 Å². The number of carbonyl (C=O) groups is 1. The number of para-hydroxylation sites is 1. The third-order valence-electron chi connectivity index (χ3n) is 2.38. The summed E-state index contributed by atoms with van der Waals surface area (Å²) in [6.45, 7) is 0. The Balaban J connectivity index is 2.61. The average Bonchev–Trinajstić information content (AvgIpc) is 2.33. The Kier molecular flexibility index (Phi) is 3.28. The van der Waals surface area contributed by atoms with Crippen molar-refractivity contribution < 1.29 is 19.4 Å². The van der Waals surface area contributed by atoms with Crippen LogP contribution in [0.15, 0.2) is 35.1 Å². The lowest BCUT2D eigenvalue weighted by molar-refractivity contribution is -0.136. The number of nitrogens with zero attached hydrogens (tertiary/aromatic N) is 2. The molecule has 0 amide bonds. The smallest absolute Gasteiger partial charge is 0.309 e. The largest absolute Gasteiger partial charge is 0.506 e. The molecule has 6 nitrogen and oxygen atoms in total. The van der Waals surface area contributed by atoms with E-state index in [-0.39, 0.29) is 11.4 Å². The number of halogens is 1. The van der Waals surface area contributed by atoms with E-state index < -0.39 is 29.5 Å². The Morgan fingerprint density at radius 3 is 2.68 bits per heavy atom. The van der Waals surface area contributed by atoms with Crippen molar-refractivity contribution in [2.75, 3.05) is 0 Å². The van der Waals surface area contributed by atoms with Crippen LogP contribution in [-0.4, -0.2) is 26.0 Å². The lowest BCUT2D eigenvalue weighted by Crippen LogP contribution is -2.23. The molecule has 98 valence electrons. The first-order valence-corrected chi connectivity index (χ1v) is 5.28. The molecule has 0 spiro atoms. The fourth-order valence-electron chi connectivity index (χ4n) is 1.55. The first kappa shape index (κ1) is 12.7. The Morgan fingerprint density at radius 1 is 1.37 bits per heavy atom. The fraction of sp³-hybridized carbons (Fsp3) is 0.0833. The van der Waals surface area contributed by atoms with Crippen molar-refractivity contribution in [3.05, 3.63) is 52.2 Å². The number of aliphatic carboxylic acids is 1. The summed E-state index contributed by atoms with van der Waals surface area (Å²) in [4.78, 5) is 22.3. The van der Waals surface area contributed by atoms with Gasteiger partial charge < -0.3 is 10.2 Å². The number of benzene rings is 1. The van der Waals surface area contributed by atoms with Crippen LogP contribution >= 0.6 is 0 Å². The minimum Gasteiger partial charge on any atom is -0.506 e. The van der Waals surface area contributed by atoms with Gasteiger partial charge in [0.05, 0.1) is 6.42 Å². The maximum Gasteiger partial charge on any atom is 0.309 e. The maximum atomic E-state index is 13.6. The molecule has 2 N–H and O–H groups in total. The summed E-state index contributed by atoms with van der Waals surface area (Å²) in [5, 5.41) is 21.8. The number of aromatic hydroxyl groups is 1. The highest BCUT2D eigenvalue weighted by molar-refractivity contribution is 5.70. The number of hydrogen-bond donors (Lipinski definition) is 2. The molecule has 0 unspecified atom stereocenters. The van der Waals surface area contributed by atoms with E-state index in [1.54, 1.807) is 0 Å². The van der Waals surface area contributed by atoms with Crippen LogP contribution in [0.1, 0.15) is 5.69 Å². The molecule has 0 bridgehead atoms. The monoisotopic (exact) mass is 264 g/mol. The van der Waals surface area contributed by atoms with Crippen LogP contribution in [0, 0.1) is 5.82 Å². The third-order valence-corrected chi connectivity index (χ3v) is 2.38. The summed E-state index contributed by atoms with van der Waals surface area (Å²) in [5.41, 5.74) is -1.08. The van der Waals surface area contributed by atoms with Gasteiger partial charge in [0.2, 0.25) is 0 Å². The van der Waals surface area contributed by atoms with E-state index in [2.05, 4.69) is 5.10 Å². The third kappa shape index (κ3) is 2.59. The lowest BCUT2D eigenvalue weighted by Gasteiger charge is -2.08. The van der Waals surface area contributed by atoms with Gasteiger partial charge in [0.25, 0.3) is 5.56 Å². The lowest BCUT2D eigenvalue weighted by atomic mass is 10.2. The van der Waals surface area contributed by atoms with Crippen molar-refractivity contribution in [1.29, 1.82) is 0 Å². The number of aromatic nitrogens is 2. The summed E-state index contributed by atoms with van der Waals surface area (Å²) in [6.07, 6.45) is -0.569. The van der Waals surface area contributed by atoms with Crippen LogP contribution in [0.2, 0.25) is 0 Å². The van der Waals surface area contributed by atoms with Crippen molar-refractivity contribution in [3.63, 3.8) is 0 Å². The van der Waals surface area contributed by atoms with E-state index in [0.717, 1.165) is 12.1 Å². The SMILES string of the molecule is O=C(O)Cc1nn(-c2ccccc2F)c(=O)cc1O. The number of hydrogen-bond acceptors (Lipinski definition) is 4. The molecule has 2 rings (SSSR count). The summed E-state index contributed by atoms with van der Waals surface area (Å²) in [6, 6.07) is 6.23. The second kappa shape index (κ2) is 4.89. The Labute approximate surface area is 106 Å². The van der Waals surface area contributed by atoms with Crippen molar-refractivity contribution >= 4 is 5.97 Å². The zero-order chi connectivity index (χ0) is 14.0. The molecular formula is C12H9FN2O4. The second-order valence-electron chi connectivity index (χ2n) is 3.75. The van der Waals surface area contributed by atoms with Gasteiger partial charge in [-0.2, -0.15) is 9.78 Å². The van der Waals surface area contributed by atoms with Gasteiger partial charge in [0.1, 0.15) is 22.9 Å². The zero-order valence-electron chi connectivity index (χ0n) is 9.58. The molecule has 19 heavy (non-hydrogen) atoms. The van der Waals surface area contributed by atoms with Crippen LogP contribution in [0.4, 0.5) is 4.39 Å². The Morgan fingerprint density at radius 2 is 2.05 bits per heavy atom. The van der Waals surface area contributed by atoms with Gasteiger partial charge in [-0.05, 0) is 12.1 Å².